The van der Waals surface area contributed by atoms with Crippen LogP contribution in [0.4, 0.5) is 5.69 Å². The van der Waals surface area contributed by atoms with Gasteiger partial charge in [-0.15, -0.1) is 0 Å². The Morgan fingerprint density at radius 1 is 1.18 bits per heavy atom. The minimum Gasteiger partial charge on any atom is -0.496 e. The second-order valence-electron chi connectivity index (χ2n) is 7.71. The molecule has 0 fully saturated rings. The Morgan fingerprint density at radius 3 is 2.29 bits per heavy atom. The molecular formula is C23H31IN2O2. The van der Waals surface area contributed by atoms with Gasteiger partial charge < -0.3 is 14.7 Å². The fourth-order valence-electron chi connectivity index (χ4n) is 3.12. The lowest BCUT2D eigenvalue weighted by Crippen LogP contribution is -2.44. The van der Waals surface area contributed by atoms with Gasteiger partial charge in [0.05, 0.1) is 22.6 Å². The third-order valence-corrected chi connectivity index (χ3v) is 5.91. The predicted molar refractivity (Wildman–Crippen MR) is 126 cm³/mol. The number of methoxy groups -OCH3 is 1. The maximum absolute atomic E-state index is 12.0. The summed E-state index contributed by atoms with van der Waals surface area (Å²) in [4.78, 5) is 6.60. The maximum Gasteiger partial charge on any atom is 0.132 e. The van der Waals surface area contributed by atoms with E-state index in [4.69, 9.17) is 4.74 Å². The molecule has 0 heterocycles. The van der Waals surface area contributed by atoms with Gasteiger partial charge in [0.1, 0.15) is 11.4 Å². The zero-order valence-electron chi connectivity index (χ0n) is 17.9. The van der Waals surface area contributed by atoms with Gasteiger partial charge in [0.15, 0.2) is 0 Å². The fraction of sp³-hybridized carbons (Fsp3) is 0.435. The van der Waals surface area contributed by atoms with E-state index in [1.54, 1.807) is 7.11 Å². The minimum absolute atomic E-state index is 0.479. The summed E-state index contributed by atoms with van der Waals surface area (Å²) in [5, 5.41) is 12.0. The van der Waals surface area contributed by atoms with Crippen molar-refractivity contribution >= 4 is 34.6 Å². The Morgan fingerprint density at radius 2 is 1.79 bits per heavy atom. The average Bonchev–Trinajstić information content (AvgIpc) is 2.65. The topological polar surface area (TPSA) is 45.1 Å². The van der Waals surface area contributed by atoms with E-state index in [0.29, 0.717) is 5.75 Å². The van der Waals surface area contributed by atoms with Crippen LogP contribution in [0.3, 0.4) is 0 Å². The Bertz CT molecular complexity index is 841. The van der Waals surface area contributed by atoms with Gasteiger partial charge in [0.25, 0.3) is 0 Å². The molecule has 0 saturated carbocycles. The molecule has 0 aliphatic rings. The monoisotopic (exact) mass is 494 g/mol. The zero-order chi connectivity index (χ0) is 21.1. The van der Waals surface area contributed by atoms with Crippen molar-refractivity contribution in [1.82, 2.24) is 4.90 Å². The molecule has 0 saturated heterocycles. The molecule has 0 aromatic heterocycles. The van der Waals surface area contributed by atoms with E-state index in [1.165, 1.54) is 0 Å². The standard InChI is InChI=1S/C23H31IN2O2/c1-8-26(6)15-25-20-14-21(28-7)19(13-17(20)3)23(27,22(4,5)24)18-11-9-16(2)10-12-18/h9-15,27H,8H2,1-7H3/b25-15+. The lowest BCUT2D eigenvalue weighted by Gasteiger charge is -2.40. The lowest BCUT2D eigenvalue weighted by atomic mass is 9.76. The Kier molecular flexibility index (Phi) is 7.15. The number of benzene rings is 2. The molecule has 28 heavy (non-hydrogen) atoms. The van der Waals surface area contributed by atoms with Crippen LogP contribution in [0.2, 0.25) is 0 Å². The first kappa shape index (κ1) is 22.7. The Labute approximate surface area is 182 Å². The summed E-state index contributed by atoms with van der Waals surface area (Å²) in [7, 11) is 3.62. The highest BCUT2D eigenvalue weighted by Gasteiger charge is 2.46. The molecule has 5 heteroatoms. The number of aliphatic imine (C=N–C) groups is 1. The fourth-order valence-corrected chi connectivity index (χ4v) is 3.73. The van der Waals surface area contributed by atoms with Crippen molar-refractivity contribution in [3.05, 3.63) is 58.7 Å². The van der Waals surface area contributed by atoms with Crippen molar-refractivity contribution in [3.8, 4) is 5.75 Å². The Hall–Kier alpha value is -1.60. The molecule has 0 bridgehead atoms. The normalized spacial score (nSPS) is 14.2. The third-order valence-electron chi connectivity index (χ3n) is 5.13. The highest BCUT2D eigenvalue weighted by molar-refractivity contribution is 14.1. The first-order valence-corrected chi connectivity index (χ1v) is 10.5. The zero-order valence-corrected chi connectivity index (χ0v) is 20.0. The molecule has 0 aliphatic carbocycles. The molecule has 0 aliphatic heterocycles. The first-order chi connectivity index (χ1) is 13.0. The van der Waals surface area contributed by atoms with Crippen molar-refractivity contribution in [2.45, 2.75) is 43.6 Å². The van der Waals surface area contributed by atoms with Crippen LogP contribution in [-0.2, 0) is 5.60 Å². The van der Waals surface area contributed by atoms with Crippen LogP contribution in [0.5, 0.6) is 5.75 Å². The molecule has 0 radical (unpaired) electrons. The van der Waals surface area contributed by atoms with Gasteiger partial charge in [-0.1, -0.05) is 52.4 Å². The summed E-state index contributed by atoms with van der Waals surface area (Å²) >= 11 is 2.31. The van der Waals surface area contributed by atoms with Crippen LogP contribution in [0.25, 0.3) is 0 Å². The second kappa shape index (κ2) is 8.82. The van der Waals surface area contributed by atoms with Gasteiger partial charge in [-0.3, -0.25) is 0 Å². The second-order valence-corrected chi connectivity index (χ2v) is 10.4. The van der Waals surface area contributed by atoms with E-state index in [2.05, 4.69) is 34.5 Å². The largest absolute Gasteiger partial charge is 0.496 e. The molecule has 152 valence electrons. The summed E-state index contributed by atoms with van der Waals surface area (Å²) in [6.07, 6.45) is 1.82. The highest BCUT2D eigenvalue weighted by atomic mass is 127. The van der Waals surface area contributed by atoms with Crippen LogP contribution in [0.1, 0.15) is 43.0 Å². The van der Waals surface area contributed by atoms with Crippen molar-refractivity contribution < 1.29 is 9.84 Å². The van der Waals surface area contributed by atoms with Crippen LogP contribution in [-0.4, -0.2) is 40.5 Å². The molecule has 1 N–H and O–H groups in total. The van der Waals surface area contributed by atoms with Crippen LogP contribution >= 0.6 is 22.6 Å². The molecule has 0 spiro atoms. The summed E-state index contributed by atoms with van der Waals surface area (Å²) < 4.78 is 5.23. The summed E-state index contributed by atoms with van der Waals surface area (Å²) in [5.41, 5.74) is 3.35. The summed E-state index contributed by atoms with van der Waals surface area (Å²) in [5.74, 6) is 0.629. The molecule has 4 nitrogen and oxygen atoms in total. The van der Waals surface area contributed by atoms with E-state index in [0.717, 1.165) is 34.5 Å². The summed E-state index contributed by atoms with van der Waals surface area (Å²) in [6, 6.07) is 12.0. The number of ether oxygens (including phenoxy) is 1. The molecule has 1 atom stereocenters. The Balaban J connectivity index is 2.69. The number of rotatable bonds is 7. The quantitative estimate of drug-likeness (QED) is 0.244. The van der Waals surface area contributed by atoms with E-state index >= 15 is 0 Å². The minimum atomic E-state index is -1.22. The molecule has 1 unspecified atom stereocenters. The van der Waals surface area contributed by atoms with Gasteiger partial charge in [-0.05, 0) is 51.8 Å². The van der Waals surface area contributed by atoms with E-state index in [1.807, 2.05) is 82.4 Å². The van der Waals surface area contributed by atoms with Crippen LogP contribution in [0, 0.1) is 13.8 Å². The van der Waals surface area contributed by atoms with Gasteiger partial charge in [0, 0.05) is 25.2 Å². The molecule has 2 aromatic rings. The third kappa shape index (κ3) is 4.51. The lowest BCUT2D eigenvalue weighted by molar-refractivity contribution is 0.0528. The van der Waals surface area contributed by atoms with Gasteiger partial charge in [-0.2, -0.15) is 0 Å². The molecule has 2 rings (SSSR count). The van der Waals surface area contributed by atoms with Crippen LogP contribution < -0.4 is 4.74 Å². The smallest absolute Gasteiger partial charge is 0.132 e. The number of hydrogen-bond donors (Lipinski definition) is 1. The van der Waals surface area contributed by atoms with E-state index in [9.17, 15) is 5.11 Å². The first-order valence-electron chi connectivity index (χ1n) is 9.46. The summed E-state index contributed by atoms with van der Waals surface area (Å²) in [6.45, 7) is 11.1. The average molecular weight is 494 g/mol. The van der Waals surface area contributed by atoms with E-state index in [-0.39, 0.29) is 0 Å². The van der Waals surface area contributed by atoms with Gasteiger partial charge in [-0.25, -0.2) is 4.99 Å². The highest BCUT2D eigenvalue weighted by Crippen LogP contribution is 2.49. The predicted octanol–water partition coefficient (Wildman–Crippen LogP) is 5.37. The van der Waals surface area contributed by atoms with Crippen LogP contribution in [0.15, 0.2) is 41.4 Å². The van der Waals surface area contributed by atoms with Crippen molar-refractivity contribution in [2.75, 3.05) is 20.7 Å². The number of aryl methyl sites for hydroxylation is 2. The van der Waals surface area contributed by atoms with Crippen molar-refractivity contribution in [3.63, 3.8) is 0 Å². The number of hydrogen-bond acceptors (Lipinski definition) is 3. The molecule has 2 aromatic carbocycles. The van der Waals surface area contributed by atoms with E-state index < -0.39 is 9.02 Å². The van der Waals surface area contributed by atoms with Crippen molar-refractivity contribution in [1.29, 1.82) is 0 Å². The SMILES string of the molecule is CCN(C)/C=N/c1cc(OC)c(C(O)(c2ccc(C)cc2)C(C)(C)I)cc1C. The number of alkyl halides is 1. The maximum atomic E-state index is 12.0. The number of halogens is 1. The molecule has 0 amide bonds. The van der Waals surface area contributed by atoms with Crippen molar-refractivity contribution in [2.24, 2.45) is 4.99 Å². The number of aliphatic hydroxyl groups is 1. The molecular weight excluding hydrogens is 463 g/mol. The van der Waals surface area contributed by atoms with Gasteiger partial charge >= 0.3 is 0 Å². The number of nitrogens with zero attached hydrogens (tertiary/aromatic N) is 2. The van der Waals surface area contributed by atoms with Gasteiger partial charge in [0.2, 0.25) is 0 Å².